The molecule has 1 aliphatic carbocycles. The number of H-pyrrole nitrogens is 1. The van der Waals surface area contributed by atoms with Crippen molar-refractivity contribution in [2.75, 3.05) is 11.9 Å². The summed E-state index contributed by atoms with van der Waals surface area (Å²) in [6.07, 6.45) is 3.58. The van der Waals surface area contributed by atoms with Crippen molar-refractivity contribution in [3.05, 3.63) is 74.6 Å². The topological polar surface area (TPSA) is 45.6 Å². The third-order valence-corrected chi connectivity index (χ3v) is 6.58. The van der Waals surface area contributed by atoms with Gasteiger partial charge in [-0.05, 0) is 54.5 Å². The highest BCUT2D eigenvalue weighted by Crippen LogP contribution is 2.66. The summed E-state index contributed by atoms with van der Waals surface area (Å²) in [6.45, 7) is 1.52. The van der Waals surface area contributed by atoms with E-state index in [0.717, 1.165) is 52.3 Å². The molecule has 0 amide bonds. The number of aromatic nitrogens is 3. The average molecular weight is 445 g/mol. The van der Waals surface area contributed by atoms with E-state index in [0.29, 0.717) is 5.92 Å². The Balaban J connectivity index is 1.39. The summed E-state index contributed by atoms with van der Waals surface area (Å²) in [5.41, 5.74) is 3.07. The Bertz CT molecular complexity index is 1080. The Morgan fingerprint density at radius 2 is 2.26 bits per heavy atom. The lowest BCUT2D eigenvalue weighted by Gasteiger charge is -2.14. The molecular formula is C20H18BrFN4S. The molecule has 3 aromatic rings. The van der Waals surface area contributed by atoms with E-state index in [1.807, 2.05) is 24.3 Å². The molecule has 138 valence electrons. The van der Waals surface area contributed by atoms with Crippen molar-refractivity contribution >= 4 is 34.0 Å². The van der Waals surface area contributed by atoms with Crippen LogP contribution in [-0.4, -0.2) is 21.1 Å². The van der Waals surface area contributed by atoms with Gasteiger partial charge in [-0.25, -0.2) is 9.37 Å². The van der Waals surface area contributed by atoms with Crippen molar-refractivity contribution in [1.82, 2.24) is 14.5 Å². The molecule has 1 aromatic carbocycles. The molecule has 0 saturated heterocycles. The number of aromatic amines is 1. The van der Waals surface area contributed by atoms with Crippen LogP contribution < -0.4 is 5.32 Å². The zero-order chi connectivity index (χ0) is 18.6. The Labute approximate surface area is 170 Å². The van der Waals surface area contributed by atoms with Gasteiger partial charge in [0.25, 0.3) is 0 Å². The highest BCUT2D eigenvalue weighted by molar-refractivity contribution is 9.10. The van der Waals surface area contributed by atoms with Crippen molar-refractivity contribution in [3.63, 3.8) is 0 Å². The van der Waals surface area contributed by atoms with Gasteiger partial charge in [-0.2, -0.15) is 0 Å². The molecule has 1 saturated carbocycles. The van der Waals surface area contributed by atoms with Crippen molar-refractivity contribution in [2.24, 2.45) is 0 Å². The molecule has 0 radical (unpaired) electrons. The molecule has 1 aliphatic heterocycles. The molecule has 2 aliphatic rings. The van der Waals surface area contributed by atoms with E-state index in [4.69, 9.17) is 12.2 Å². The van der Waals surface area contributed by atoms with Gasteiger partial charge < -0.3 is 14.9 Å². The van der Waals surface area contributed by atoms with Crippen LogP contribution in [0.3, 0.4) is 0 Å². The summed E-state index contributed by atoms with van der Waals surface area (Å²) in [4.78, 5) is 7.65. The van der Waals surface area contributed by atoms with Gasteiger partial charge in [0.1, 0.15) is 11.6 Å². The summed E-state index contributed by atoms with van der Waals surface area (Å²) in [7, 11) is 0. The SMILES string of the molecule is Fc1ccc(Br)cc1[C@]12C[C@H]1c1c(CCNc3ccccn3)[nH]c(=S)n1C2. The van der Waals surface area contributed by atoms with E-state index in [1.165, 1.54) is 5.69 Å². The average Bonchev–Trinajstić information content (AvgIpc) is 3.16. The van der Waals surface area contributed by atoms with Crippen molar-refractivity contribution < 1.29 is 4.39 Å². The summed E-state index contributed by atoms with van der Waals surface area (Å²) in [5, 5.41) is 3.34. The fraction of sp³-hybridized carbons (Fsp3) is 0.300. The number of anilines is 1. The second kappa shape index (κ2) is 6.27. The van der Waals surface area contributed by atoms with Crippen LogP contribution in [0.4, 0.5) is 10.2 Å². The van der Waals surface area contributed by atoms with E-state index in [2.05, 4.69) is 35.8 Å². The largest absolute Gasteiger partial charge is 0.370 e. The van der Waals surface area contributed by atoms with E-state index in [-0.39, 0.29) is 11.2 Å². The van der Waals surface area contributed by atoms with Crippen molar-refractivity contribution in [2.45, 2.75) is 30.7 Å². The second-order valence-electron chi connectivity index (χ2n) is 7.31. The highest BCUT2D eigenvalue weighted by Gasteiger charge is 2.63. The molecular weight excluding hydrogens is 427 g/mol. The minimum absolute atomic E-state index is 0.125. The van der Waals surface area contributed by atoms with Gasteiger partial charge in [0, 0.05) is 52.9 Å². The fourth-order valence-electron chi connectivity index (χ4n) is 4.44. The molecule has 2 aromatic heterocycles. The van der Waals surface area contributed by atoms with Gasteiger partial charge in [0.05, 0.1) is 0 Å². The number of imidazole rings is 1. The van der Waals surface area contributed by atoms with Gasteiger partial charge in [-0.1, -0.05) is 22.0 Å². The predicted octanol–water partition coefficient (Wildman–Crippen LogP) is 4.94. The van der Waals surface area contributed by atoms with E-state index in [9.17, 15) is 4.39 Å². The number of hydrogen-bond donors (Lipinski definition) is 2. The molecule has 5 rings (SSSR count). The summed E-state index contributed by atoms with van der Waals surface area (Å²) in [5.74, 6) is 1.07. The molecule has 1 fully saturated rings. The first-order valence-electron chi connectivity index (χ1n) is 9.00. The molecule has 27 heavy (non-hydrogen) atoms. The predicted molar refractivity (Wildman–Crippen MR) is 109 cm³/mol. The quantitative estimate of drug-likeness (QED) is 0.548. The molecule has 0 bridgehead atoms. The second-order valence-corrected chi connectivity index (χ2v) is 8.61. The van der Waals surface area contributed by atoms with Gasteiger partial charge in [-0.15, -0.1) is 0 Å². The molecule has 3 heterocycles. The monoisotopic (exact) mass is 444 g/mol. The Kier molecular flexibility index (Phi) is 3.98. The highest BCUT2D eigenvalue weighted by atomic mass is 79.9. The van der Waals surface area contributed by atoms with Crippen LogP contribution in [-0.2, 0) is 18.4 Å². The van der Waals surface area contributed by atoms with Gasteiger partial charge in [0.15, 0.2) is 4.77 Å². The standard InChI is InChI=1S/C20H18BrFN4S/c21-12-4-5-15(22)13(9-12)20-10-14(20)18-16(25-19(27)26(18)11-20)6-8-24-17-3-1-2-7-23-17/h1-5,7,9,14H,6,8,10-11H2,(H,23,24)(H,25,27)/t14-,20+/m0/s1. The van der Waals surface area contributed by atoms with Crippen LogP contribution in [0, 0.1) is 10.6 Å². The first-order valence-corrected chi connectivity index (χ1v) is 10.2. The molecule has 2 N–H and O–H groups in total. The maximum absolute atomic E-state index is 14.5. The summed E-state index contributed by atoms with van der Waals surface area (Å²) in [6, 6.07) is 11.0. The third-order valence-electron chi connectivity index (χ3n) is 5.76. The maximum atomic E-state index is 14.5. The Hall–Kier alpha value is -1.99. The molecule has 7 heteroatoms. The number of benzene rings is 1. The number of nitrogens with one attached hydrogen (secondary N) is 2. The third kappa shape index (κ3) is 2.75. The summed E-state index contributed by atoms with van der Waals surface area (Å²) >= 11 is 9.03. The van der Waals surface area contributed by atoms with Crippen LogP contribution in [0.5, 0.6) is 0 Å². The number of hydrogen-bond acceptors (Lipinski definition) is 3. The van der Waals surface area contributed by atoms with E-state index in [1.54, 1.807) is 18.3 Å². The van der Waals surface area contributed by atoms with Crippen LogP contribution >= 0.6 is 28.1 Å². The van der Waals surface area contributed by atoms with E-state index < -0.39 is 0 Å². The normalized spacial score (nSPS) is 22.4. The molecule has 0 spiro atoms. The van der Waals surface area contributed by atoms with Crippen LogP contribution in [0.15, 0.2) is 47.1 Å². The number of rotatable bonds is 5. The Morgan fingerprint density at radius 3 is 3.07 bits per heavy atom. The van der Waals surface area contributed by atoms with Gasteiger partial charge in [-0.3, -0.25) is 0 Å². The molecule has 4 nitrogen and oxygen atoms in total. The fourth-order valence-corrected chi connectivity index (χ4v) is 5.09. The zero-order valence-electron chi connectivity index (χ0n) is 14.5. The van der Waals surface area contributed by atoms with Gasteiger partial charge in [0.2, 0.25) is 0 Å². The minimum Gasteiger partial charge on any atom is -0.370 e. The summed E-state index contributed by atoms with van der Waals surface area (Å²) < 4.78 is 18.4. The van der Waals surface area contributed by atoms with Crippen LogP contribution in [0.25, 0.3) is 0 Å². The number of nitrogens with zero attached hydrogens (tertiary/aromatic N) is 2. The van der Waals surface area contributed by atoms with Crippen LogP contribution in [0.1, 0.15) is 29.3 Å². The van der Waals surface area contributed by atoms with Crippen molar-refractivity contribution in [3.8, 4) is 0 Å². The first-order chi connectivity index (χ1) is 13.1. The van der Waals surface area contributed by atoms with Crippen LogP contribution in [0.2, 0.25) is 0 Å². The number of fused-ring (bicyclic) bond motifs is 3. The lowest BCUT2D eigenvalue weighted by atomic mass is 9.93. The number of halogens is 2. The van der Waals surface area contributed by atoms with Crippen molar-refractivity contribution in [1.29, 1.82) is 0 Å². The molecule has 0 unspecified atom stereocenters. The zero-order valence-corrected chi connectivity index (χ0v) is 16.9. The Morgan fingerprint density at radius 1 is 1.37 bits per heavy atom. The lowest BCUT2D eigenvalue weighted by molar-refractivity contribution is 0.530. The number of pyridine rings is 1. The van der Waals surface area contributed by atoms with Gasteiger partial charge >= 0.3 is 0 Å². The minimum atomic E-state index is -0.144. The first kappa shape index (κ1) is 17.1. The smallest absolute Gasteiger partial charge is 0.177 e. The van der Waals surface area contributed by atoms with E-state index >= 15 is 0 Å². The lowest BCUT2D eigenvalue weighted by Crippen LogP contribution is -2.14. The molecule has 2 atom stereocenters. The maximum Gasteiger partial charge on any atom is 0.177 e.